The fraction of sp³-hybridized carbons (Fsp3) is 0.519. The number of pyridine rings is 1. The quantitative estimate of drug-likeness (QED) is 0.482. The average molecular weight is 450 g/mol. The van der Waals surface area contributed by atoms with Crippen LogP contribution in [0.5, 0.6) is 0 Å². The minimum absolute atomic E-state index is 0.0439. The summed E-state index contributed by atoms with van der Waals surface area (Å²) in [4.78, 5) is 17.9. The van der Waals surface area contributed by atoms with Crippen molar-refractivity contribution in [3.8, 4) is 6.07 Å². The zero-order chi connectivity index (χ0) is 23.5. The number of carbonyl (C=O) groups is 1. The van der Waals surface area contributed by atoms with Crippen molar-refractivity contribution < 1.29 is 4.79 Å². The van der Waals surface area contributed by atoms with Crippen LogP contribution in [0.1, 0.15) is 74.9 Å². The van der Waals surface area contributed by atoms with Crippen molar-refractivity contribution in [2.75, 3.05) is 5.32 Å². The summed E-state index contributed by atoms with van der Waals surface area (Å²) in [6.45, 7) is 13.0. The highest BCUT2D eigenvalue weighted by molar-refractivity contribution is 8.00. The van der Waals surface area contributed by atoms with Crippen molar-refractivity contribution in [3.63, 3.8) is 0 Å². The molecular weight excluding hydrogens is 414 g/mol. The molecule has 32 heavy (non-hydrogen) atoms. The highest BCUT2D eigenvalue weighted by Crippen LogP contribution is 2.40. The van der Waals surface area contributed by atoms with Crippen molar-refractivity contribution in [3.05, 3.63) is 52.2 Å². The van der Waals surface area contributed by atoms with Gasteiger partial charge in [-0.2, -0.15) is 5.26 Å². The Balaban J connectivity index is 1.80. The van der Waals surface area contributed by atoms with Gasteiger partial charge in [-0.05, 0) is 74.1 Å². The van der Waals surface area contributed by atoms with Crippen LogP contribution in [-0.4, -0.2) is 16.1 Å². The summed E-state index contributed by atoms with van der Waals surface area (Å²) in [6, 6.07) is 10.4. The van der Waals surface area contributed by atoms with Crippen molar-refractivity contribution in [2.24, 2.45) is 11.3 Å². The van der Waals surface area contributed by atoms with Gasteiger partial charge < -0.3 is 5.32 Å². The number of nitrogens with one attached hydrogen (secondary N) is 1. The third-order valence-electron chi connectivity index (χ3n) is 7.05. The summed E-state index contributed by atoms with van der Waals surface area (Å²) in [5.74, 6) is 0.566. The van der Waals surface area contributed by atoms with Gasteiger partial charge in [0.2, 0.25) is 5.91 Å². The van der Waals surface area contributed by atoms with Crippen LogP contribution in [0.15, 0.2) is 29.3 Å². The third-order valence-corrected chi connectivity index (χ3v) is 8.41. The maximum Gasteiger partial charge on any atom is 0.237 e. The summed E-state index contributed by atoms with van der Waals surface area (Å²) < 4.78 is 0. The zero-order valence-corrected chi connectivity index (χ0v) is 21.0. The predicted octanol–water partition coefficient (Wildman–Crippen LogP) is 6.62. The topological polar surface area (TPSA) is 65.8 Å². The van der Waals surface area contributed by atoms with Crippen molar-refractivity contribution in [1.82, 2.24) is 4.98 Å². The minimum Gasteiger partial charge on any atom is -0.325 e. The number of thioether (sulfide) groups is 1. The number of nitrogens with zero attached hydrogens (tertiary/aromatic N) is 2. The van der Waals surface area contributed by atoms with E-state index in [1.165, 1.54) is 22.9 Å². The second-order valence-corrected chi connectivity index (χ2v) is 10.9. The van der Waals surface area contributed by atoms with E-state index in [2.05, 4.69) is 38.2 Å². The van der Waals surface area contributed by atoms with E-state index in [9.17, 15) is 10.1 Å². The third kappa shape index (κ3) is 5.35. The molecule has 5 heteroatoms. The Morgan fingerprint density at radius 2 is 2.06 bits per heavy atom. The highest BCUT2D eigenvalue weighted by atomic mass is 32.2. The summed E-state index contributed by atoms with van der Waals surface area (Å²) in [5.41, 5.74) is 6.23. The monoisotopic (exact) mass is 449 g/mol. The number of fused-ring (bicyclic) bond motifs is 1. The molecule has 1 aliphatic rings. The fourth-order valence-corrected chi connectivity index (χ4v) is 5.39. The number of anilines is 1. The molecule has 1 aromatic carbocycles. The lowest BCUT2D eigenvalue weighted by Crippen LogP contribution is -2.29. The summed E-state index contributed by atoms with van der Waals surface area (Å²) in [7, 11) is 0. The maximum absolute atomic E-state index is 13.0. The van der Waals surface area contributed by atoms with E-state index in [0.717, 1.165) is 42.6 Å². The second kappa shape index (κ2) is 10.1. The Bertz CT molecular complexity index is 1040. The van der Waals surface area contributed by atoms with Gasteiger partial charge in [-0.3, -0.25) is 4.79 Å². The number of benzene rings is 1. The van der Waals surface area contributed by atoms with Gasteiger partial charge in [0, 0.05) is 11.4 Å². The van der Waals surface area contributed by atoms with E-state index in [4.69, 9.17) is 4.98 Å². The van der Waals surface area contributed by atoms with Crippen molar-refractivity contribution >= 4 is 23.4 Å². The molecule has 0 bridgehead atoms. The lowest BCUT2D eigenvalue weighted by atomic mass is 9.69. The van der Waals surface area contributed by atoms with Crippen LogP contribution in [0.25, 0.3) is 0 Å². The normalized spacial score (nSPS) is 16.7. The second-order valence-electron chi connectivity index (χ2n) is 9.66. The molecule has 2 atom stereocenters. The van der Waals surface area contributed by atoms with Crippen LogP contribution in [0, 0.1) is 36.5 Å². The fourth-order valence-electron chi connectivity index (χ4n) is 4.40. The van der Waals surface area contributed by atoms with Gasteiger partial charge in [0.05, 0.1) is 10.8 Å². The first kappa shape index (κ1) is 24.3. The Kier molecular flexibility index (Phi) is 7.67. The average Bonchev–Trinajstić information content (AvgIpc) is 2.78. The molecule has 0 fully saturated rings. The Hall–Kier alpha value is -2.32. The van der Waals surface area contributed by atoms with Crippen LogP contribution in [0.3, 0.4) is 0 Å². The first-order valence-electron chi connectivity index (χ1n) is 11.7. The number of carbonyl (C=O) groups excluding carboxylic acids is 1. The van der Waals surface area contributed by atoms with E-state index in [0.29, 0.717) is 22.9 Å². The van der Waals surface area contributed by atoms with Crippen LogP contribution in [0.4, 0.5) is 5.69 Å². The highest BCUT2D eigenvalue weighted by Gasteiger charge is 2.32. The number of hydrogen-bond donors (Lipinski definition) is 1. The molecule has 1 heterocycles. The Morgan fingerprint density at radius 3 is 2.69 bits per heavy atom. The molecular formula is C27H35N3OS. The number of rotatable bonds is 7. The number of nitriles is 1. The lowest BCUT2D eigenvalue weighted by Gasteiger charge is -2.37. The lowest BCUT2D eigenvalue weighted by molar-refractivity contribution is -0.115. The van der Waals surface area contributed by atoms with Gasteiger partial charge in [0.15, 0.2) is 0 Å². The van der Waals surface area contributed by atoms with Gasteiger partial charge in [0.1, 0.15) is 11.1 Å². The molecule has 0 saturated heterocycles. The number of amides is 1. The van der Waals surface area contributed by atoms with E-state index in [1.807, 2.05) is 39.0 Å². The Morgan fingerprint density at radius 1 is 1.31 bits per heavy atom. The van der Waals surface area contributed by atoms with E-state index >= 15 is 0 Å². The van der Waals surface area contributed by atoms with Gasteiger partial charge >= 0.3 is 0 Å². The van der Waals surface area contributed by atoms with Crippen LogP contribution in [-0.2, 0) is 17.6 Å². The number of hydrogen-bond acceptors (Lipinski definition) is 4. The molecule has 2 aromatic rings. The molecule has 1 N–H and O–H groups in total. The molecule has 2 unspecified atom stereocenters. The molecule has 1 aromatic heterocycles. The minimum atomic E-state index is -0.302. The van der Waals surface area contributed by atoms with Crippen LogP contribution >= 0.6 is 11.8 Å². The first-order chi connectivity index (χ1) is 15.2. The molecule has 0 aliphatic heterocycles. The Labute approximate surface area is 197 Å². The molecule has 3 rings (SSSR count). The SMILES string of the molecule is CCC(Sc1nc2c(cc1C#N)CC(C(C)(C)CC)CC2)C(=O)Nc1ccc(C)cc1C. The first-order valence-corrected chi connectivity index (χ1v) is 12.5. The molecule has 0 spiro atoms. The molecule has 170 valence electrons. The van der Waals surface area contributed by atoms with Gasteiger partial charge in [-0.25, -0.2) is 4.98 Å². The van der Waals surface area contributed by atoms with Gasteiger partial charge in [-0.1, -0.05) is 63.6 Å². The predicted molar refractivity (Wildman–Crippen MR) is 133 cm³/mol. The van der Waals surface area contributed by atoms with Crippen molar-refractivity contribution in [1.29, 1.82) is 5.26 Å². The van der Waals surface area contributed by atoms with E-state index < -0.39 is 0 Å². The van der Waals surface area contributed by atoms with E-state index in [1.54, 1.807) is 0 Å². The van der Waals surface area contributed by atoms with E-state index in [-0.39, 0.29) is 16.6 Å². The van der Waals surface area contributed by atoms with Crippen LogP contribution < -0.4 is 5.32 Å². The van der Waals surface area contributed by atoms with Gasteiger partial charge in [-0.15, -0.1) is 0 Å². The molecule has 1 amide bonds. The number of aryl methyl sites for hydroxylation is 3. The summed E-state index contributed by atoms with van der Waals surface area (Å²) in [5, 5.41) is 13.3. The molecule has 4 nitrogen and oxygen atoms in total. The molecule has 1 aliphatic carbocycles. The van der Waals surface area contributed by atoms with Gasteiger partial charge in [0.25, 0.3) is 0 Å². The smallest absolute Gasteiger partial charge is 0.237 e. The summed E-state index contributed by atoms with van der Waals surface area (Å²) >= 11 is 1.41. The summed E-state index contributed by atoms with van der Waals surface area (Å²) in [6.07, 6.45) is 4.85. The number of aromatic nitrogens is 1. The molecule has 0 saturated carbocycles. The standard InChI is InChI=1S/C27H35N3OS/c1-7-24(25(31)29-22-11-9-17(3)13-18(22)4)32-26-20(16-28)14-19-15-21(27(5,6)8-2)10-12-23(19)30-26/h9,11,13-14,21,24H,7-8,10,12,15H2,1-6H3,(H,29,31). The zero-order valence-electron chi connectivity index (χ0n) is 20.2. The molecule has 0 radical (unpaired) electrons. The largest absolute Gasteiger partial charge is 0.325 e. The van der Waals surface area contributed by atoms with Crippen LogP contribution in [0.2, 0.25) is 0 Å². The van der Waals surface area contributed by atoms with Crippen molar-refractivity contribution in [2.45, 2.75) is 83.9 Å². The maximum atomic E-state index is 13.0.